The van der Waals surface area contributed by atoms with Crippen LogP contribution in [0.1, 0.15) is 46.7 Å². The molecule has 0 radical (unpaired) electrons. The molecule has 0 saturated carbocycles. The van der Waals surface area contributed by atoms with E-state index in [-0.39, 0.29) is 22.6 Å². The van der Waals surface area contributed by atoms with Gasteiger partial charge in [0, 0.05) is 38.4 Å². The number of aromatic nitrogens is 5. The molecule has 4 aromatic heterocycles. The minimum Gasteiger partial charge on any atom is -0.309 e. The van der Waals surface area contributed by atoms with Crippen LogP contribution >= 0.6 is 0 Å². The molecule has 0 bridgehead atoms. The molecule has 12 rings (SSSR count). The number of rotatable bonds is 4. The first-order chi connectivity index (χ1) is 39.7. The first kappa shape index (κ1) is 13.2. The molecule has 0 aliphatic heterocycles. The zero-order chi connectivity index (χ0) is 62.3. The maximum atomic E-state index is 10.2. The lowest BCUT2D eigenvalue weighted by Gasteiger charge is -2.18. The molecule has 0 saturated heterocycles. The van der Waals surface area contributed by atoms with Crippen LogP contribution in [-0.4, -0.2) is 23.1 Å². The third kappa shape index (κ3) is 4.20. The zero-order valence-corrected chi connectivity index (χ0v) is 27.7. The van der Waals surface area contributed by atoms with Crippen molar-refractivity contribution in [3.63, 3.8) is 0 Å². The van der Waals surface area contributed by atoms with Gasteiger partial charge in [0.25, 0.3) is 0 Å². The smallest absolute Gasteiger partial charge is 0.220 e. The summed E-state index contributed by atoms with van der Waals surface area (Å²) in [5, 5.41) is -2.50. The molecule has 0 fully saturated rings. The highest BCUT2D eigenvalue weighted by Gasteiger charge is 2.22. The van der Waals surface area contributed by atoms with Gasteiger partial charge in [-0.2, -0.15) is 0 Å². The van der Waals surface area contributed by atoms with Crippen LogP contribution in [0.2, 0.25) is 0 Å². The maximum Gasteiger partial charge on any atom is 0.220 e. The van der Waals surface area contributed by atoms with Gasteiger partial charge in [-0.3, -0.25) is 8.97 Å². The van der Waals surface area contributed by atoms with Crippen molar-refractivity contribution in [2.75, 3.05) is 0 Å². The van der Waals surface area contributed by atoms with E-state index in [2.05, 4.69) is 4.98 Å². The van der Waals surface area contributed by atoms with E-state index in [0.29, 0.717) is 9.13 Å². The summed E-state index contributed by atoms with van der Waals surface area (Å²) >= 11 is 0. The Hall–Kier alpha value is -7.37. The Labute approximate surface area is 358 Å². The van der Waals surface area contributed by atoms with Crippen LogP contribution in [0.15, 0.2) is 181 Å². The molecule has 0 atom stereocenters. The van der Waals surface area contributed by atoms with Gasteiger partial charge in [-0.1, -0.05) is 109 Å². The van der Waals surface area contributed by atoms with Gasteiger partial charge in [0.05, 0.1) is 96.6 Å². The Morgan fingerprint density at radius 3 is 1.49 bits per heavy atom. The number of benzene rings is 8. The molecule has 4 heterocycles. The topological polar surface area (TPSA) is 32.1 Å². The van der Waals surface area contributed by atoms with Crippen molar-refractivity contribution in [2.45, 2.75) is 6.92 Å². The predicted molar refractivity (Wildman–Crippen MR) is 228 cm³/mol. The van der Waals surface area contributed by atoms with Gasteiger partial charge in [0.2, 0.25) is 5.78 Å². The molecule has 5 heteroatoms. The zero-order valence-electron chi connectivity index (χ0n) is 57.7. The van der Waals surface area contributed by atoms with Crippen molar-refractivity contribution in [1.82, 2.24) is 23.1 Å². The average molecular weight is 734 g/mol. The van der Waals surface area contributed by atoms with E-state index in [9.17, 15) is 16.4 Å². The first-order valence-electron chi connectivity index (χ1n) is 31.4. The fraction of sp³-hybridized carbons (Fsp3) is 0.0200. The van der Waals surface area contributed by atoms with Crippen LogP contribution in [0, 0.1) is 6.92 Å². The monoisotopic (exact) mass is 733 g/mol. The standard InChI is InChI=1S/C50H33N5/c1-32-26-28-47-40(30-32)51-50-52(48-24-12-13-25-49(48)55(47)50)33-27-29-46-39(31-33)38-18-6-11-23-45(38)54(46)44-22-10-5-17-37(44)36-16-4-9-21-43(36)53-41-19-7-2-14-34(41)35-15-3-8-20-42(35)53/h2-31H,1H3/i2D,3D,4D,5D,6D,7D,8D,9D,10D,11D,12D,13D,14D,15D,16D,17D,18D,19D,20D,21D,22D,23D,24D,25D,26D,27D,28D,29D,30D,31D. The fourth-order valence-electron chi connectivity index (χ4n) is 7.06. The second-order valence-electron chi connectivity index (χ2n) is 12.2. The molecule has 8 aromatic carbocycles. The lowest BCUT2D eigenvalue weighted by atomic mass is 10.0. The highest BCUT2D eigenvalue weighted by molar-refractivity contribution is 6.12. The van der Waals surface area contributed by atoms with E-state index < -0.39 is 264 Å². The maximum absolute atomic E-state index is 10.2. The van der Waals surface area contributed by atoms with Crippen LogP contribution in [-0.2, 0) is 0 Å². The van der Waals surface area contributed by atoms with Crippen molar-refractivity contribution >= 4 is 71.5 Å². The van der Waals surface area contributed by atoms with Gasteiger partial charge in [0.1, 0.15) is 0 Å². The Balaban J connectivity index is 1.34. The van der Waals surface area contributed by atoms with Crippen LogP contribution < -0.4 is 0 Å². The van der Waals surface area contributed by atoms with Crippen LogP contribution in [0.25, 0.3) is 99.6 Å². The van der Waals surface area contributed by atoms with E-state index in [1.807, 2.05) is 0 Å². The van der Waals surface area contributed by atoms with Crippen molar-refractivity contribution in [1.29, 1.82) is 0 Å². The van der Waals surface area contributed by atoms with Crippen molar-refractivity contribution in [2.24, 2.45) is 0 Å². The second-order valence-corrected chi connectivity index (χ2v) is 12.2. The molecule has 0 aliphatic carbocycles. The Morgan fingerprint density at radius 2 is 0.873 bits per heavy atom. The molecule has 0 amide bonds. The molecule has 12 aromatic rings. The number of hydrogen-bond acceptors (Lipinski definition) is 1. The SMILES string of the molecule is [2H]c1c([2H])c([2H])c(-n2c3c([2H])c([2H])c([2H])c([2H])c3c3c([2H])c([2H])c([2H])c([2H])c32)c(-c2c([2H])c([2H])c([2H])c([2H])c2-n2c3c([2H])c([2H])c([2H])c([2H])c3c3c([2H])c(-n4c5c([2H])c([2H])c([2H])c([2H])c5n5c6c([2H])c([2H])c(C)c([2H])c6nc45)c([2H])c([2H])c32)c1[2H]. The molecular formula is C50H33N5. The summed E-state index contributed by atoms with van der Waals surface area (Å²) in [4.78, 5) is 4.58. The van der Waals surface area contributed by atoms with E-state index >= 15 is 0 Å². The highest BCUT2D eigenvalue weighted by Crippen LogP contribution is 2.41. The molecular weight excluding hydrogens is 671 g/mol. The molecule has 0 aliphatic rings. The molecule has 55 heavy (non-hydrogen) atoms. The van der Waals surface area contributed by atoms with Crippen LogP contribution in [0.4, 0.5) is 0 Å². The summed E-state index contributed by atoms with van der Waals surface area (Å²) in [5.41, 5.74) is -9.15. The summed E-state index contributed by atoms with van der Waals surface area (Å²) in [6, 6.07) is -27.9. The second kappa shape index (κ2) is 11.3. The van der Waals surface area contributed by atoms with Crippen molar-refractivity contribution in [3.8, 4) is 28.2 Å². The summed E-state index contributed by atoms with van der Waals surface area (Å²) in [6.07, 6.45) is 0. The molecule has 0 N–H and O–H groups in total. The number of nitrogens with zero attached hydrogens (tertiary/aromatic N) is 5. The average Bonchev–Trinajstić information content (AvgIpc) is 1.58. The Morgan fingerprint density at radius 1 is 0.400 bits per heavy atom. The molecule has 5 nitrogen and oxygen atoms in total. The van der Waals surface area contributed by atoms with E-state index in [0.717, 1.165) is 8.97 Å². The lowest BCUT2D eigenvalue weighted by molar-refractivity contribution is 1.11. The van der Waals surface area contributed by atoms with E-state index in [4.69, 9.17) is 24.7 Å². The third-order valence-electron chi connectivity index (χ3n) is 9.26. The van der Waals surface area contributed by atoms with Gasteiger partial charge >= 0.3 is 0 Å². The van der Waals surface area contributed by atoms with Crippen molar-refractivity contribution < 1.29 is 41.1 Å². The minimum atomic E-state index is -1.17. The molecule has 0 spiro atoms. The predicted octanol–water partition coefficient (Wildman–Crippen LogP) is 12.6. The van der Waals surface area contributed by atoms with Gasteiger partial charge in [-0.15, -0.1) is 0 Å². The fourth-order valence-corrected chi connectivity index (χ4v) is 7.06. The summed E-state index contributed by atoms with van der Waals surface area (Å²) < 4.78 is 279. The quantitative estimate of drug-likeness (QED) is 0.177. The van der Waals surface area contributed by atoms with Gasteiger partial charge < -0.3 is 9.13 Å². The first-order valence-corrected chi connectivity index (χ1v) is 16.4. The van der Waals surface area contributed by atoms with Gasteiger partial charge in [-0.05, 0) is 85.0 Å². The summed E-state index contributed by atoms with van der Waals surface area (Å²) in [5.74, 6) is -0.486. The van der Waals surface area contributed by atoms with Crippen LogP contribution in [0.3, 0.4) is 0 Å². The number of fused-ring (bicyclic) bond motifs is 11. The van der Waals surface area contributed by atoms with Gasteiger partial charge in [0.15, 0.2) is 0 Å². The Bertz CT molecular complexity index is 5190. The normalized spacial score (nSPS) is 19.7. The highest BCUT2D eigenvalue weighted by atomic mass is 15.2. The molecule has 0 unspecified atom stereocenters. The van der Waals surface area contributed by atoms with Crippen LogP contribution in [0.5, 0.6) is 0 Å². The summed E-state index contributed by atoms with van der Waals surface area (Å²) in [7, 11) is 0. The van der Waals surface area contributed by atoms with Crippen molar-refractivity contribution in [3.05, 3.63) is 187 Å². The number of hydrogen-bond donors (Lipinski definition) is 0. The van der Waals surface area contributed by atoms with E-state index in [1.165, 1.54) is 6.92 Å². The number of imidazole rings is 2. The largest absolute Gasteiger partial charge is 0.309 e. The number of para-hydroxylation sites is 7. The summed E-state index contributed by atoms with van der Waals surface area (Å²) in [6.45, 7) is 1.37. The lowest BCUT2D eigenvalue weighted by Crippen LogP contribution is -2.01. The Kier molecular flexibility index (Phi) is 2.71. The third-order valence-corrected chi connectivity index (χ3v) is 9.26. The van der Waals surface area contributed by atoms with Gasteiger partial charge in [-0.25, -0.2) is 4.98 Å². The minimum absolute atomic E-state index is 0.0116. The molecule has 258 valence electrons. The van der Waals surface area contributed by atoms with E-state index in [1.54, 1.807) is 0 Å².